The summed E-state index contributed by atoms with van der Waals surface area (Å²) >= 11 is 5.85. The number of amides is 1. The fourth-order valence-corrected chi connectivity index (χ4v) is 4.65. The number of sulfone groups is 1. The molecule has 1 fully saturated rings. The number of rotatable bonds is 6. The van der Waals surface area contributed by atoms with Crippen molar-refractivity contribution in [3.63, 3.8) is 0 Å². The second-order valence-corrected chi connectivity index (χ2v) is 9.62. The Morgan fingerprint density at radius 1 is 1.26 bits per heavy atom. The topological polar surface area (TPSA) is 89.3 Å². The molecule has 1 aliphatic rings. The van der Waals surface area contributed by atoms with Crippen LogP contribution in [0.25, 0.3) is 11.5 Å². The fraction of sp³-hybridized carbons (Fsp3) is 0.474. The third kappa shape index (κ3) is 5.56. The number of halogens is 1. The molecule has 8 heteroatoms. The summed E-state index contributed by atoms with van der Waals surface area (Å²) < 4.78 is 30.1. The zero-order valence-corrected chi connectivity index (χ0v) is 16.7. The molecule has 0 radical (unpaired) electrons. The van der Waals surface area contributed by atoms with Gasteiger partial charge in [-0.25, -0.2) is 13.4 Å². The molecule has 1 heterocycles. The van der Waals surface area contributed by atoms with Crippen molar-refractivity contribution in [2.45, 2.75) is 44.4 Å². The van der Waals surface area contributed by atoms with E-state index in [9.17, 15) is 13.2 Å². The number of hydrogen-bond donors (Lipinski definition) is 1. The van der Waals surface area contributed by atoms with Crippen molar-refractivity contribution in [1.29, 1.82) is 0 Å². The van der Waals surface area contributed by atoms with Gasteiger partial charge in [-0.1, -0.05) is 31.4 Å². The zero-order valence-electron chi connectivity index (χ0n) is 15.2. The number of hydrogen-bond acceptors (Lipinski definition) is 5. The quantitative estimate of drug-likeness (QED) is 0.785. The van der Waals surface area contributed by atoms with E-state index < -0.39 is 21.5 Å². The highest BCUT2D eigenvalue weighted by atomic mass is 35.5. The smallest absolute Gasteiger partial charge is 0.235 e. The Balaban J connectivity index is 1.59. The van der Waals surface area contributed by atoms with E-state index in [0.717, 1.165) is 25.7 Å². The lowest BCUT2D eigenvalue weighted by molar-refractivity contribution is -0.119. The first-order chi connectivity index (χ1) is 12.8. The highest BCUT2D eigenvalue weighted by molar-refractivity contribution is 7.91. The third-order valence-electron chi connectivity index (χ3n) is 4.82. The minimum absolute atomic E-state index is 0.0602. The van der Waals surface area contributed by atoms with Gasteiger partial charge in [0.05, 0.1) is 11.4 Å². The van der Waals surface area contributed by atoms with Crippen molar-refractivity contribution in [2.24, 2.45) is 5.92 Å². The molecule has 1 aliphatic carbocycles. The molecule has 3 rings (SSSR count). The first kappa shape index (κ1) is 19.9. The molecule has 0 spiro atoms. The SMILES string of the molecule is C[C@@H]1CCCC[C@H]1NC(=O)CS(=O)(=O)Cc1coc(-c2ccc(Cl)cc2)n1. The molecule has 1 aromatic heterocycles. The maximum atomic E-state index is 12.4. The Morgan fingerprint density at radius 3 is 2.67 bits per heavy atom. The molecule has 2 atom stereocenters. The molecule has 0 bridgehead atoms. The second kappa shape index (κ2) is 8.44. The van der Waals surface area contributed by atoms with E-state index in [4.69, 9.17) is 16.0 Å². The second-order valence-electron chi connectivity index (χ2n) is 7.12. The molecule has 1 aromatic carbocycles. The van der Waals surface area contributed by atoms with Gasteiger partial charge in [0, 0.05) is 16.6 Å². The van der Waals surface area contributed by atoms with E-state index >= 15 is 0 Å². The van der Waals surface area contributed by atoms with Crippen LogP contribution in [0.3, 0.4) is 0 Å². The lowest BCUT2D eigenvalue weighted by Crippen LogP contribution is -2.43. The maximum absolute atomic E-state index is 12.4. The van der Waals surface area contributed by atoms with E-state index in [2.05, 4.69) is 17.2 Å². The summed E-state index contributed by atoms with van der Waals surface area (Å²) in [6.45, 7) is 2.09. The van der Waals surface area contributed by atoms with Gasteiger partial charge in [0.2, 0.25) is 11.8 Å². The van der Waals surface area contributed by atoms with E-state index in [1.165, 1.54) is 6.26 Å². The van der Waals surface area contributed by atoms with Gasteiger partial charge >= 0.3 is 0 Å². The lowest BCUT2D eigenvalue weighted by atomic mass is 9.86. The fourth-order valence-electron chi connectivity index (χ4n) is 3.35. The number of benzene rings is 1. The number of aromatic nitrogens is 1. The first-order valence-corrected chi connectivity index (χ1v) is 11.2. The van der Waals surface area contributed by atoms with Gasteiger partial charge in [0.25, 0.3) is 0 Å². The number of carbonyl (C=O) groups excluding carboxylic acids is 1. The van der Waals surface area contributed by atoms with Crippen LogP contribution < -0.4 is 5.32 Å². The highest BCUT2D eigenvalue weighted by Gasteiger charge is 2.26. The van der Waals surface area contributed by atoms with Gasteiger partial charge in [-0.2, -0.15) is 0 Å². The van der Waals surface area contributed by atoms with Crippen molar-refractivity contribution < 1.29 is 17.6 Å². The average Bonchev–Trinajstić information content (AvgIpc) is 3.04. The molecule has 27 heavy (non-hydrogen) atoms. The molecule has 0 unspecified atom stereocenters. The van der Waals surface area contributed by atoms with Gasteiger partial charge < -0.3 is 9.73 Å². The van der Waals surface area contributed by atoms with Crippen LogP contribution in [0.5, 0.6) is 0 Å². The predicted octanol–water partition coefficient (Wildman–Crippen LogP) is 3.60. The Bertz CT molecular complexity index is 893. The van der Waals surface area contributed by atoms with E-state index in [-0.39, 0.29) is 17.5 Å². The van der Waals surface area contributed by atoms with Crippen LogP contribution in [0.1, 0.15) is 38.3 Å². The van der Waals surface area contributed by atoms with Gasteiger partial charge in [0.1, 0.15) is 12.0 Å². The molecule has 0 aliphatic heterocycles. The van der Waals surface area contributed by atoms with Gasteiger partial charge in [0.15, 0.2) is 9.84 Å². The third-order valence-corrected chi connectivity index (χ3v) is 6.51. The van der Waals surface area contributed by atoms with Crippen LogP contribution in [0.15, 0.2) is 34.9 Å². The Hall–Kier alpha value is -1.86. The van der Waals surface area contributed by atoms with Crippen molar-refractivity contribution >= 4 is 27.3 Å². The monoisotopic (exact) mass is 410 g/mol. The van der Waals surface area contributed by atoms with Crippen molar-refractivity contribution in [3.8, 4) is 11.5 Å². The molecule has 146 valence electrons. The Labute approximate surface area is 164 Å². The standard InChI is InChI=1S/C19H23ClN2O4S/c1-13-4-2-3-5-17(13)22-18(23)12-27(24,25)11-16-10-26-19(21-16)14-6-8-15(20)9-7-14/h6-10,13,17H,2-5,11-12H2,1H3,(H,22,23)/t13-,17-/m1/s1. The normalized spacial score (nSPS) is 20.4. The van der Waals surface area contributed by atoms with Crippen molar-refractivity contribution in [1.82, 2.24) is 10.3 Å². The summed E-state index contributed by atoms with van der Waals surface area (Å²) in [5.41, 5.74) is 0.978. The molecule has 1 amide bonds. The summed E-state index contributed by atoms with van der Waals surface area (Å²) in [6, 6.07) is 6.95. The lowest BCUT2D eigenvalue weighted by Gasteiger charge is -2.29. The van der Waals surface area contributed by atoms with E-state index in [1.54, 1.807) is 24.3 Å². The molecule has 0 saturated heterocycles. The summed E-state index contributed by atoms with van der Waals surface area (Å²) in [5, 5.41) is 3.46. The van der Waals surface area contributed by atoms with Crippen LogP contribution in [-0.2, 0) is 20.4 Å². The summed E-state index contributed by atoms with van der Waals surface area (Å²) in [4.78, 5) is 16.4. The molecule has 1 N–H and O–H groups in total. The van der Waals surface area contributed by atoms with Gasteiger partial charge in [-0.15, -0.1) is 0 Å². The molecular weight excluding hydrogens is 388 g/mol. The van der Waals surface area contributed by atoms with Crippen LogP contribution in [-0.4, -0.2) is 31.1 Å². The van der Waals surface area contributed by atoms with Crippen molar-refractivity contribution in [3.05, 3.63) is 41.2 Å². The zero-order chi connectivity index (χ0) is 19.4. The van der Waals surface area contributed by atoms with E-state index in [0.29, 0.717) is 22.4 Å². The number of oxazole rings is 1. The summed E-state index contributed by atoms with van der Waals surface area (Å²) in [7, 11) is -3.63. The first-order valence-electron chi connectivity index (χ1n) is 9.02. The minimum atomic E-state index is -3.63. The molecule has 2 aromatic rings. The van der Waals surface area contributed by atoms with Crippen LogP contribution in [0.4, 0.5) is 0 Å². The number of nitrogens with zero attached hydrogens (tertiary/aromatic N) is 1. The number of carbonyl (C=O) groups is 1. The van der Waals surface area contributed by atoms with Crippen molar-refractivity contribution in [2.75, 3.05) is 5.75 Å². The van der Waals surface area contributed by atoms with Crippen LogP contribution in [0, 0.1) is 5.92 Å². The highest BCUT2D eigenvalue weighted by Crippen LogP contribution is 2.24. The molecular formula is C19H23ClN2O4S. The van der Waals surface area contributed by atoms with E-state index in [1.807, 2.05) is 0 Å². The molecule has 6 nitrogen and oxygen atoms in total. The Morgan fingerprint density at radius 2 is 1.96 bits per heavy atom. The minimum Gasteiger partial charge on any atom is -0.444 e. The van der Waals surface area contributed by atoms with Crippen LogP contribution in [0.2, 0.25) is 5.02 Å². The largest absolute Gasteiger partial charge is 0.444 e. The van der Waals surface area contributed by atoms with Crippen LogP contribution >= 0.6 is 11.6 Å². The summed E-state index contributed by atoms with van der Waals surface area (Å²) in [6.07, 6.45) is 5.50. The molecule has 1 saturated carbocycles. The van der Waals surface area contributed by atoms with Gasteiger partial charge in [-0.3, -0.25) is 4.79 Å². The Kier molecular flexibility index (Phi) is 6.22. The van der Waals surface area contributed by atoms with Gasteiger partial charge in [-0.05, 0) is 43.0 Å². The summed E-state index contributed by atoms with van der Waals surface area (Å²) in [5.74, 6) is -0.632. The average molecular weight is 411 g/mol. The number of nitrogens with one attached hydrogen (secondary N) is 1. The predicted molar refractivity (Wildman–Crippen MR) is 104 cm³/mol. The maximum Gasteiger partial charge on any atom is 0.235 e.